The molecule has 0 amide bonds. The number of piperidine rings is 1. The summed E-state index contributed by atoms with van der Waals surface area (Å²) in [7, 11) is 4.51. The number of rotatable bonds is 13. The second-order valence-corrected chi connectivity index (χ2v) is 23.7. The zero-order valence-corrected chi connectivity index (χ0v) is 45.1. The minimum atomic E-state index is -0.853. The standard InChI is InChI=1S/C61H75Cl2N7O3/c1-7-60-55-29-45(27-41-13-9-8-10-14-41)57(60)67(5)38(2)32-65-54-31-49(28-42-15-20-47(62)21-16-42)68(6)58-52(37-71)66-56(61(54,58)59(60)72)40(4)70(55)36-44-17-22-48(63)30-53(44)73-50-23-18-43(19-24-50)51-34-64-33-46(39(51)3)35-69-25-11-12-26-69/h8-10,13-24,30,33-34,38,40,45,49,52,54-58,65-66,71H,7,11-12,25-29,31-32,35-37H2,1-6H3/t38-,40-,45+,49-,52+,54?,55?,56?,57?,58?,60?,61?/m0/s1. The van der Waals surface area contributed by atoms with Gasteiger partial charge < -0.3 is 20.5 Å². The molecule has 10 nitrogen and oxygen atoms in total. The average molecular weight is 1030 g/mol. The molecule has 12 atom stereocenters. The molecule has 2 bridgehead atoms. The van der Waals surface area contributed by atoms with Gasteiger partial charge in [0.15, 0.2) is 5.78 Å². The van der Waals surface area contributed by atoms with Crippen molar-refractivity contribution in [2.24, 2.45) is 16.7 Å². The number of hydrogen-bond acceptors (Lipinski definition) is 10. The summed E-state index contributed by atoms with van der Waals surface area (Å²) >= 11 is 13.3. The topological polar surface area (TPSA) is 96.4 Å². The number of carbonyl (C=O) groups is 1. The van der Waals surface area contributed by atoms with Crippen molar-refractivity contribution >= 4 is 29.0 Å². The molecule has 3 N–H and O–H groups in total. The number of pyridine rings is 1. The number of carbonyl (C=O) groups excluding carboxylic acids is 1. The van der Waals surface area contributed by atoms with Crippen molar-refractivity contribution in [2.75, 3.05) is 40.3 Å². The molecule has 5 aliphatic heterocycles. The van der Waals surface area contributed by atoms with Gasteiger partial charge in [0.1, 0.15) is 11.5 Å². The highest BCUT2D eigenvalue weighted by Gasteiger charge is 2.77. The number of halogens is 2. The lowest BCUT2D eigenvalue weighted by Gasteiger charge is -2.57. The molecule has 5 aromatic rings. The Balaban J connectivity index is 0.995. The normalized spacial score (nSPS) is 32.8. The first-order valence-electron chi connectivity index (χ1n) is 27.2. The van der Waals surface area contributed by atoms with Crippen LogP contribution in [0.1, 0.15) is 80.7 Å². The molecule has 1 aliphatic carbocycles. The molecule has 6 fully saturated rings. The fourth-order valence-corrected chi connectivity index (χ4v) is 15.9. The van der Waals surface area contributed by atoms with E-state index in [2.05, 4.69) is 150 Å². The van der Waals surface area contributed by atoms with E-state index in [1.165, 1.54) is 35.1 Å². The van der Waals surface area contributed by atoms with Crippen LogP contribution in [0.3, 0.4) is 0 Å². The summed E-state index contributed by atoms with van der Waals surface area (Å²) in [5.41, 5.74) is 6.73. The number of likely N-dealkylation sites (N-methyl/N-ethyl adjacent to an activating group) is 2. The monoisotopic (exact) mass is 1020 g/mol. The van der Waals surface area contributed by atoms with Crippen LogP contribution in [-0.2, 0) is 30.7 Å². The molecule has 1 aromatic heterocycles. The number of likely N-dealkylation sites (tertiary alicyclic amines) is 3. The summed E-state index contributed by atoms with van der Waals surface area (Å²) in [6, 6.07) is 32.7. The molecule has 6 heterocycles. The van der Waals surface area contributed by atoms with Crippen LogP contribution in [0.4, 0.5) is 0 Å². The van der Waals surface area contributed by atoms with E-state index in [0.29, 0.717) is 29.5 Å². The van der Waals surface area contributed by atoms with Gasteiger partial charge in [-0.05, 0) is 163 Å². The summed E-state index contributed by atoms with van der Waals surface area (Å²) in [5.74, 6) is 2.02. The van der Waals surface area contributed by atoms with E-state index >= 15 is 4.79 Å². The number of ketones is 1. The summed E-state index contributed by atoms with van der Waals surface area (Å²) < 4.78 is 6.94. The van der Waals surface area contributed by atoms with Gasteiger partial charge in [-0.25, -0.2) is 0 Å². The van der Waals surface area contributed by atoms with Crippen LogP contribution in [0.25, 0.3) is 11.1 Å². The minimum absolute atomic E-state index is 0.0290. The Bertz CT molecular complexity index is 2760. The fraction of sp³-hybridized carbons (Fsp3) is 0.508. The smallest absolute Gasteiger partial charge is 0.153 e. The van der Waals surface area contributed by atoms with Crippen molar-refractivity contribution in [3.8, 4) is 22.6 Å². The van der Waals surface area contributed by atoms with Gasteiger partial charge in [-0.1, -0.05) is 90.8 Å². The van der Waals surface area contributed by atoms with Crippen LogP contribution < -0.4 is 15.4 Å². The average Bonchev–Trinajstić information content (AvgIpc) is 4.15. The van der Waals surface area contributed by atoms with Gasteiger partial charge in [0.05, 0.1) is 17.4 Å². The third-order valence-corrected chi connectivity index (χ3v) is 19.7. The number of aliphatic hydroxyl groups is 1. The molecular weight excluding hydrogens is 950 g/mol. The minimum Gasteiger partial charge on any atom is -0.457 e. The van der Waals surface area contributed by atoms with Gasteiger partial charge in [-0.3, -0.25) is 29.4 Å². The number of hydrogen-bond donors (Lipinski definition) is 3. The van der Waals surface area contributed by atoms with Crippen LogP contribution in [0.2, 0.25) is 10.0 Å². The van der Waals surface area contributed by atoms with E-state index in [9.17, 15) is 5.11 Å². The molecular formula is C61H75Cl2N7O3. The summed E-state index contributed by atoms with van der Waals surface area (Å²) in [6.45, 7) is 13.7. The fourth-order valence-electron chi connectivity index (χ4n) is 15.6. The van der Waals surface area contributed by atoms with Gasteiger partial charge in [-0.2, -0.15) is 0 Å². The van der Waals surface area contributed by atoms with Crippen molar-refractivity contribution in [1.82, 2.24) is 35.2 Å². The zero-order chi connectivity index (χ0) is 50.8. The Morgan fingerprint density at radius 1 is 0.822 bits per heavy atom. The third-order valence-electron chi connectivity index (χ3n) is 19.2. The molecule has 1 saturated carbocycles. The number of Topliss-reactive ketones (excluding diaryl/α,β-unsaturated/α-hetero) is 1. The molecule has 0 radical (unpaired) electrons. The lowest BCUT2D eigenvalue weighted by atomic mass is 9.54. The van der Waals surface area contributed by atoms with Crippen molar-refractivity contribution in [1.29, 1.82) is 0 Å². The Labute approximate surface area is 443 Å². The Morgan fingerprint density at radius 2 is 1.55 bits per heavy atom. The predicted octanol–water partition coefficient (Wildman–Crippen LogP) is 9.85. The molecule has 1 spiro atoms. The van der Waals surface area contributed by atoms with E-state index in [1.54, 1.807) is 0 Å². The Hall–Kier alpha value is -4.20. The largest absolute Gasteiger partial charge is 0.457 e. The first-order chi connectivity index (χ1) is 35.3. The highest BCUT2D eigenvalue weighted by atomic mass is 35.5. The molecule has 4 aromatic carbocycles. The number of aromatic nitrogens is 1. The van der Waals surface area contributed by atoms with Crippen molar-refractivity contribution in [2.45, 2.75) is 140 Å². The number of ether oxygens (including phenoxy) is 1. The second kappa shape index (κ2) is 20.7. The predicted molar refractivity (Wildman–Crippen MR) is 293 cm³/mol. The number of nitrogens with zero attached hydrogens (tertiary/aromatic N) is 5. The van der Waals surface area contributed by atoms with E-state index in [4.69, 9.17) is 27.9 Å². The van der Waals surface area contributed by atoms with Crippen LogP contribution in [0.5, 0.6) is 11.5 Å². The maximum atomic E-state index is 17.4. The van der Waals surface area contributed by atoms with Crippen molar-refractivity contribution in [3.05, 3.63) is 147 Å². The maximum absolute atomic E-state index is 17.4. The Kier molecular flexibility index (Phi) is 14.5. The number of aliphatic hydroxyl groups excluding tert-OH is 1. The first kappa shape index (κ1) is 50.9. The van der Waals surface area contributed by atoms with Crippen molar-refractivity contribution in [3.63, 3.8) is 0 Å². The van der Waals surface area contributed by atoms with E-state index in [0.717, 1.165) is 79.3 Å². The molecule has 6 aliphatic rings. The summed E-state index contributed by atoms with van der Waals surface area (Å²) in [4.78, 5) is 32.4. The zero-order valence-electron chi connectivity index (χ0n) is 43.6. The van der Waals surface area contributed by atoms with Gasteiger partial charge in [0.2, 0.25) is 0 Å². The SMILES string of the molecule is CCC12C(=O)C34C5C[C@H](Cc6ccc(Cl)cc6)N(C)C3[C@@H](CO)NC4[C@H](C)N(Cc3ccc(Cl)cc3Oc3ccc(-c4cncc(CN6CCCC6)c4C)cc3)C1C[C@@H](Cc1ccccc1)C2N(C)[C@@H](C)CN5. The van der Waals surface area contributed by atoms with Gasteiger partial charge in [0.25, 0.3) is 0 Å². The van der Waals surface area contributed by atoms with Crippen LogP contribution in [0, 0.1) is 23.7 Å². The quantitative estimate of drug-likeness (QED) is 0.106. The molecule has 5 saturated heterocycles. The summed E-state index contributed by atoms with van der Waals surface area (Å²) in [6.07, 6.45) is 10.6. The van der Waals surface area contributed by atoms with E-state index in [1.807, 2.05) is 36.7 Å². The molecule has 11 rings (SSSR count). The molecule has 386 valence electrons. The molecule has 73 heavy (non-hydrogen) atoms. The lowest BCUT2D eigenvalue weighted by Crippen LogP contribution is -2.73. The lowest BCUT2D eigenvalue weighted by molar-refractivity contribution is -0.154. The van der Waals surface area contributed by atoms with Gasteiger partial charge >= 0.3 is 0 Å². The Morgan fingerprint density at radius 3 is 2.27 bits per heavy atom. The third kappa shape index (κ3) is 8.88. The first-order valence-corrected chi connectivity index (χ1v) is 28.0. The highest BCUT2D eigenvalue weighted by molar-refractivity contribution is 6.31. The van der Waals surface area contributed by atoms with Crippen LogP contribution in [0.15, 0.2) is 109 Å². The van der Waals surface area contributed by atoms with Crippen LogP contribution in [-0.4, -0.2) is 130 Å². The van der Waals surface area contributed by atoms with Crippen molar-refractivity contribution < 1.29 is 14.6 Å². The maximum Gasteiger partial charge on any atom is 0.153 e. The molecule has 12 heteroatoms. The highest BCUT2D eigenvalue weighted by Crippen LogP contribution is 2.63. The van der Waals surface area contributed by atoms with E-state index < -0.39 is 10.8 Å². The second-order valence-electron chi connectivity index (χ2n) is 22.8. The van der Waals surface area contributed by atoms with Crippen LogP contribution >= 0.6 is 23.2 Å². The number of benzene rings is 4. The van der Waals surface area contributed by atoms with Gasteiger partial charge in [-0.15, -0.1) is 0 Å². The number of nitrogens with one attached hydrogen (secondary N) is 2. The molecule has 7 unspecified atom stereocenters. The van der Waals surface area contributed by atoms with Gasteiger partial charge in [0, 0.05) is 108 Å². The van der Waals surface area contributed by atoms with E-state index in [-0.39, 0.29) is 66.9 Å². The summed E-state index contributed by atoms with van der Waals surface area (Å²) in [5, 5.41) is 21.2.